The fourth-order valence-electron chi connectivity index (χ4n) is 6.39. The number of aromatic nitrogens is 5. The summed E-state index contributed by atoms with van der Waals surface area (Å²) in [6.07, 6.45) is 11.2. The first-order valence-electron chi connectivity index (χ1n) is 15.6. The quantitative estimate of drug-likeness (QED) is 0.177. The molecule has 5 heterocycles. The molecule has 0 saturated carbocycles. The van der Waals surface area contributed by atoms with Crippen LogP contribution < -0.4 is 10.1 Å². The number of carbonyl (C=O) groups is 2. The smallest absolute Gasteiger partial charge is 0.387 e. The van der Waals surface area contributed by atoms with Gasteiger partial charge in [-0.1, -0.05) is 0 Å². The van der Waals surface area contributed by atoms with Gasteiger partial charge in [0.15, 0.2) is 5.65 Å². The van der Waals surface area contributed by atoms with Crippen molar-refractivity contribution in [2.75, 3.05) is 45.3 Å². The Hall–Kier alpha value is -4.16. The minimum atomic E-state index is -3.09. The third kappa shape index (κ3) is 7.14. The highest BCUT2D eigenvalue weighted by atomic mass is 32.2. The number of anilines is 1. The maximum atomic E-state index is 13.5. The van der Waals surface area contributed by atoms with Crippen molar-refractivity contribution < 1.29 is 28.3 Å². The summed E-state index contributed by atoms with van der Waals surface area (Å²) in [6.45, 7) is -1.24. The van der Waals surface area contributed by atoms with Gasteiger partial charge >= 0.3 is 6.61 Å². The standard InChI is InChI=1S/C31H38F2N10O4S/c1-38(2)43(46)26-6-4-12-41(26)20-9-14-39(15-10-20)27(44)19-40-18-24(36-30(45)23-17-35-42-13-5-11-34-29(23)42)28(37-40)22-16-21(48-3)7-8-25(22)47-31(32)33/h5,7-8,11,13,16-18,20,26,31,46H,4,6,9-10,12,14-15,19H2,1-3H3,(H,36,45)/t26-/m1/s1. The van der Waals surface area contributed by atoms with Crippen LogP contribution in [0.1, 0.15) is 36.0 Å². The zero-order chi connectivity index (χ0) is 33.9. The predicted molar refractivity (Wildman–Crippen MR) is 174 cm³/mol. The van der Waals surface area contributed by atoms with Gasteiger partial charge in [0.25, 0.3) is 5.91 Å². The van der Waals surface area contributed by atoms with Crippen molar-refractivity contribution in [1.82, 2.24) is 44.4 Å². The Morgan fingerprint density at radius 2 is 1.98 bits per heavy atom. The molecule has 1 aromatic carbocycles. The number of benzene rings is 1. The number of amides is 2. The molecule has 14 nitrogen and oxygen atoms in total. The number of likely N-dealkylation sites (tertiary alicyclic amines) is 2. The molecule has 2 fully saturated rings. The first-order chi connectivity index (χ1) is 23.1. The van der Waals surface area contributed by atoms with Gasteiger partial charge in [0.2, 0.25) is 5.91 Å². The second-order valence-corrected chi connectivity index (χ2v) is 12.7. The van der Waals surface area contributed by atoms with Crippen molar-refractivity contribution in [1.29, 1.82) is 0 Å². The lowest BCUT2D eigenvalue weighted by Crippen LogP contribution is -2.55. The monoisotopic (exact) mass is 684 g/mol. The summed E-state index contributed by atoms with van der Waals surface area (Å²) in [7, 11) is 3.61. The number of thioether (sulfide) groups is 1. The summed E-state index contributed by atoms with van der Waals surface area (Å²) in [5.74, 6) is -0.819. The van der Waals surface area contributed by atoms with Crippen molar-refractivity contribution in [2.24, 2.45) is 0 Å². The van der Waals surface area contributed by atoms with Crippen LogP contribution in [0.3, 0.4) is 0 Å². The predicted octanol–water partition coefficient (Wildman–Crippen LogP) is 3.75. The molecule has 256 valence electrons. The van der Waals surface area contributed by atoms with E-state index in [2.05, 4.69) is 25.4 Å². The Labute approximate surface area is 280 Å². The number of nitrogens with zero attached hydrogens (tertiary/aromatic N) is 9. The number of carbonyl (C=O) groups excluding carboxylic acids is 2. The molecule has 2 aliphatic heterocycles. The molecule has 4 aromatic rings. The Bertz CT molecular complexity index is 1760. The van der Waals surface area contributed by atoms with E-state index < -0.39 is 12.5 Å². The lowest BCUT2D eigenvalue weighted by molar-refractivity contribution is -0.280. The highest BCUT2D eigenvalue weighted by Crippen LogP contribution is 2.38. The van der Waals surface area contributed by atoms with Gasteiger partial charge < -0.3 is 15.0 Å². The summed E-state index contributed by atoms with van der Waals surface area (Å²) >= 11 is 1.41. The van der Waals surface area contributed by atoms with Crippen molar-refractivity contribution in [3.8, 4) is 17.0 Å². The minimum Gasteiger partial charge on any atom is -0.434 e. The summed E-state index contributed by atoms with van der Waals surface area (Å²) in [6, 6.07) is 6.66. The zero-order valence-corrected chi connectivity index (χ0v) is 27.7. The Kier molecular flexibility index (Phi) is 10.2. The molecule has 17 heteroatoms. The van der Waals surface area contributed by atoms with Crippen LogP contribution in [0.4, 0.5) is 14.5 Å². The molecule has 1 atom stereocenters. The van der Waals surface area contributed by atoms with E-state index in [1.54, 1.807) is 54.6 Å². The van der Waals surface area contributed by atoms with E-state index in [4.69, 9.17) is 4.74 Å². The van der Waals surface area contributed by atoms with Crippen LogP contribution in [0.2, 0.25) is 0 Å². The number of hydrazine groups is 1. The van der Waals surface area contributed by atoms with Gasteiger partial charge in [-0.05, 0) is 56.2 Å². The topological polar surface area (TPSA) is 137 Å². The molecular formula is C31H38F2N10O4S. The Morgan fingerprint density at radius 3 is 2.71 bits per heavy atom. The summed E-state index contributed by atoms with van der Waals surface area (Å²) < 4.78 is 34.6. The molecule has 2 aliphatic rings. The van der Waals surface area contributed by atoms with Crippen molar-refractivity contribution in [2.45, 2.75) is 55.9 Å². The fourth-order valence-corrected chi connectivity index (χ4v) is 6.83. The number of nitrogens with one attached hydrogen (secondary N) is 1. The minimum absolute atomic E-state index is 0.0940. The SMILES string of the molecule is CSc1ccc(OC(F)F)c(-c2nn(CC(=O)N3CCC(N4CCC[C@H]4N(O)N(C)C)CC3)cc2NC(=O)c2cnn3cccnc23)c1. The second kappa shape index (κ2) is 14.5. The van der Waals surface area contributed by atoms with Crippen LogP contribution in [-0.2, 0) is 11.3 Å². The maximum Gasteiger partial charge on any atom is 0.387 e. The van der Waals surface area contributed by atoms with Crippen LogP contribution in [0.5, 0.6) is 5.75 Å². The van der Waals surface area contributed by atoms with Gasteiger partial charge in [-0.2, -0.15) is 19.0 Å². The molecule has 2 saturated heterocycles. The zero-order valence-electron chi connectivity index (χ0n) is 26.9. The highest BCUT2D eigenvalue weighted by molar-refractivity contribution is 7.98. The van der Waals surface area contributed by atoms with Gasteiger partial charge in [0.05, 0.1) is 11.9 Å². The van der Waals surface area contributed by atoms with Gasteiger partial charge in [-0.3, -0.25) is 24.4 Å². The highest BCUT2D eigenvalue weighted by Gasteiger charge is 2.37. The first kappa shape index (κ1) is 33.7. The number of hydroxylamine groups is 1. The van der Waals surface area contributed by atoms with Crippen LogP contribution >= 0.6 is 11.8 Å². The van der Waals surface area contributed by atoms with E-state index in [0.717, 1.165) is 37.1 Å². The number of ether oxygens (including phenoxy) is 1. The summed E-state index contributed by atoms with van der Waals surface area (Å²) in [5.41, 5.74) is 1.14. The van der Waals surface area contributed by atoms with Crippen LogP contribution in [0.25, 0.3) is 16.9 Å². The number of piperidine rings is 1. The lowest BCUT2D eigenvalue weighted by atomic mass is 10.0. The number of alkyl halides is 2. The number of hydrogen-bond acceptors (Lipinski definition) is 11. The van der Waals surface area contributed by atoms with Gasteiger partial charge in [0, 0.05) is 68.8 Å². The summed E-state index contributed by atoms with van der Waals surface area (Å²) in [4.78, 5) is 36.1. The second-order valence-electron chi connectivity index (χ2n) is 11.9. The molecule has 0 aliphatic carbocycles. The third-order valence-corrected chi connectivity index (χ3v) is 9.44. The lowest BCUT2D eigenvalue weighted by Gasteiger charge is -2.42. The van der Waals surface area contributed by atoms with E-state index in [1.807, 2.05) is 6.26 Å². The molecule has 0 bridgehead atoms. The molecular weight excluding hydrogens is 646 g/mol. The third-order valence-electron chi connectivity index (χ3n) is 8.71. The van der Waals surface area contributed by atoms with E-state index in [9.17, 15) is 23.6 Å². The van der Waals surface area contributed by atoms with Crippen molar-refractivity contribution >= 4 is 34.9 Å². The molecule has 6 rings (SSSR count). The van der Waals surface area contributed by atoms with Crippen LogP contribution in [-0.4, -0.2) is 120 Å². The molecule has 48 heavy (non-hydrogen) atoms. The van der Waals surface area contributed by atoms with E-state index >= 15 is 0 Å². The van der Waals surface area contributed by atoms with E-state index in [1.165, 1.54) is 44.6 Å². The van der Waals surface area contributed by atoms with Crippen LogP contribution in [0.15, 0.2) is 53.9 Å². The number of hydrogen-bond donors (Lipinski definition) is 2. The van der Waals surface area contributed by atoms with Gasteiger partial charge in [0.1, 0.15) is 29.7 Å². The average Bonchev–Trinajstić information content (AvgIpc) is 3.83. The number of halogens is 2. The van der Waals surface area contributed by atoms with Crippen molar-refractivity contribution in [3.05, 3.63) is 54.6 Å². The van der Waals surface area contributed by atoms with Gasteiger partial charge in [-0.15, -0.1) is 16.9 Å². The van der Waals surface area contributed by atoms with Crippen LogP contribution in [0, 0.1) is 0 Å². The molecule has 0 unspecified atom stereocenters. The molecule has 2 N–H and O–H groups in total. The molecule has 0 radical (unpaired) electrons. The first-order valence-corrected chi connectivity index (χ1v) is 16.8. The average molecular weight is 685 g/mol. The number of fused-ring (bicyclic) bond motifs is 1. The van der Waals surface area contributed by atoms with E-state index in [0.29, 0.717) is 18.7 Å². The molecule has 3 aromatic heterocycles. The largest absolute Gasteiger partial charge is 0.434 e. The molecule has 0 spiro atoms. The Morgan fingerprint density at radius 1 is 1.19 bits per heavy atom. The maximum absolute atomic E-state index is 13.5. The molecule has 2 amide bonds. The normalized spacial score (nSPS) is 17.7. The number of rotatable bonds is 11. The fraction of sp³-hybridized carbons (Fsp3) is 0.452. The van der Waals surface area contributed by atoms with Gasteiger partial charge in [-0.25, -0.2) is 14.5 Å². The van der Waals surface area contributed by atoms with Crippen molar-refractivity contribution in [3.63, 3.8) is 0 Å². The summed E-state index contributed by atoms with van der Waals surface area (Å²) in [5, 5.41) is 25.1. The Balaban J connectivity index is 1.23. The van der Waals surface area contributed by atoms with E-state index in [-0.39, 0.29) is 52.9 Å².